The van der Waals surface area contributed by atoms with E-state index in [9.17, 15) is 24.3 Å². The Bertz CT molecular complexity index is 1550. The predicted molar refractivity (Wildman–Crippen MR) is 178 cm³/mol. The molecule has 10 heteroatoms. The molecule has 0 bridgehead atoms. The summed E-state index contributed by atoms with van der Waals surface area (Å²) in [6.07, 6.45) is 8.88. The standard InChI is InChI=1S/C38H45N3O7/c1-3-13-25(2)40-21-12-20-38-33(36(45)41(34(38)37(40)46)28(23-42)22-26-14-6-4-7-15-26)32-30(48-38)18-10-11-19-31(43)47-24-29(39-35(32)44)27-16-8-5-9-17-27/h4-10,12,14-18,20,25,28-30,32-34,42H,3,11,13,19,21-24H2,1-2H3,(H,39,44)/b18-10-/t25?,28-,29-,30+,32-,33-,34+,38-/m1/s1. The predicted octanol–water partition coefficient (Wildman–Crippen LogP) is 3.51. The van der Waals surface area contributed by atoms with Gasteiger partial charge in [0.1, 0.15) is 18.2 Å². The molecule has 4 heterocycles. The molecule has 0 radical (unpaired) electrons. The van der Waals surface area contributed by atoms with Crippen molar-refractivity contribution in [1.82, 2.24) is 15.1 Å². The maximum atomic E-state index is 14.9. The minimum Gasteiger partial charge on any atom is -0.463 e. The summed E-state index contributed by atoms with van der Waals surface area (Å²) in [7, 11) is 0. The van der Waals surface area contributed by atoms with Crippen LogP contribution in [0.5, 0.6) is 0 Å². The molecule has 1 spiro atoms. The molecule has 1 unspecified atom stereocenters. The lowest BCUT2D eigenvalue weighted by Crippen LogP contribution is -2.59. The van der Waals surface area contributed by atoms with E-state index in [1.807, 2.05) is 79.7 Å². The number of ether oxygens (including phenoxy) is 2. The highest BCUT2D eigenvalue weighted by Crippen LogP contribution is 2.53. The van der Waals surface area contributed by atoms with Crippen molar-refractivity contribution in [2.75, 3.05) is 19.8 Å². The molecule has 8 atom stereocenters. The van der Waals surface area contributed by atoms with E-state index in [1.165, 1.54) is 4.90 Å². The number of hydrogen-bond acceptors (Lipinski definition) is 7. The third-order valence-electron chi connectivity index (χ3n) is 10.2. The summed E-state index contributed by atoms with van der Waals surface area (Å²) < 4.78 is 12.4. The van der Waals surface area contributed by atoms with E-state index in [1.54, 1.807) is 17.1 Å². The van der Waals surface area contributed by atoms with Crippen molar-refractivity contribution in [3.05, 3.63) is 96.1 Å². The highest BCUT2D eigenvalue weighted by Gasteiger charge is 2.72. The minimum atomic E-state index is -1.45. The van der Waals surface area contributed by atoms with Crippen LogP contribution in [0.2, 0.25) is 0 Å². The second kappa shape index (κ2) is 14.5. The summed E-state index contributed by atoms with van der Waals surface area (Å²) in [6.45, 7) is 3.97. The third-order valence-corrected chi connectivity index (χ3v) is 10.2. The van der Waals surface area contributed by atoms with Crippen molar-refractivity contribution < 1.29 is 33.8 Å². The van der Waals surface area contributed by atoms with Gasteiger partial charge in [-0.05, 0) is 37.3 Å². The first-order chi connectivity index (χ1) is 23.3. The lowest BCUT2D eigenvalue weighted by atomic mass is 9.77. The van der Waals surface area contributed by atoms with Crippen LogP contribution in [0.1, 0.15) is 56.7 Å². The Morgan fingerprint density at radius 1 is 1.00 bits per heavy atom. The van der Waals surface area contributed by atoms with Crippen LogP contribution in [0.15, 0.2) is 85.0 Å². The van der Waals surface area contributed by atoms with Crippen LogP contribution in [0.3, 0.4) is 0 Å². The Balaban J connectivity index is 1.45. The molecular formula is C38H45N3O7. The Labute approximate surface area is 281 Å². The maximum absolute atomic E-state index is 14.9. The number of cyclic esters (lactones) is 1. The lowest BCUT2D eigenvalue weighted by Gasteiger charge is -2.40. The van der Waals surface area contributed by atoms with Gasteiger partial charge in [0.2, 0.25) is 17.7 Å². The van der Waals surface area contributed by atoms with E-state index >= 15 is 0 Å². The number of hydrogen-bond donors (Lipinski definition) is 2. The van der Waals surface area contributed by atoms with Gasteiger partial charge in [-0.25, -0.2) is 0 Å². The summed E-state index contributed by atoms with van der Waals surface area (Å²) >= 11 is 0. The third kappa shape index (κ3) is 6.31. The number of nitrogens with zero attached hydrogens (tertiary/aromatic N) is 2. The van der Waals surface area contributed by atoms with Crippen LogP contribution < -0.4 is 5.32 Å². The molecular weight excluding hydrogens is 610 g/mol. The second-order valence-corrected chi connectivity index (χ2v) is 13.3. The van der Waals surface area contributed by atoms with Gasteiger partial charge in [-0.1, -0.05) is 98.3 Å². The number of likely N-dealkylation sites (tertiary alicyclic amines) is 1. The van der Waals surface area contributed by atoms with Gasteiger partial charge in [0.25, 0.3) is 0 Å². The number of aliphatic hydroxyl groups is 1. The fourth-order valence-electron chi connectivity index (χ4n) is 7.90. The monoisotopic (exact) mass is 655 g/mol. The Kier molecular flexibility index (Phi) is 10.1. The molecule has 48 heavy (non-hydrogen) atoms. The van der Waals surface area contributed by atoms with Crippen LogP contribution in [0, 0.1) is 11.8 Å². The Morgan fingerprint density at radius 2 is 1.73 bits per heavy atom. The molecule has 0 aliphatic carbocycles. The summed E-state index contributed by atoms with van der Waals surface area (Å²) in [5.41, 5.74) is 0.209. The molecule has 2 saturated heterocycles. The van der Waals surface area contributed by atoms with Crippen molar-refractivity contribution in [3.8, 4) is 0 Å². The molecule has 254 valence electrons. The number of carbonyl (C=O) groups is 4. The summed E-state index contributed by atoms with van der Waals surface area (Å²) in [4.78, 5) is 60.0. The highest BCUT2D eigenvalue weighted by atomic mass is 16.5. The van der Waals surface area contributed by atoms with Crippen LogP contribution >= 0.6 is 0 Å². The minimum absolute atomic E-state index is 0.0681. The van der Waals surface area contributed by atoms with Gasteiger partial charge in [-0.15, -0.1) is 0 Å². The maximum Gasteiger partial charge on any atom is 0.306 e. The van der Waals surface area contributed by atoms with Crippen LogP contribution in [-0.4, -0.2) is 88.2 Å². The molecule has 0 aromatic heterocycles. The van der Waals surface area contributed by atoms with E-state index in [0.29, 0.717) is 19.4 Å². The highest BCUT2D eigenvalue weighted by molar-refractivity contribution is 6.00. The molecule has 0 saturated carbocycles. The normalized spacial score (nSPS) is 30.9. The summed E-state index contributed by atoms with van der Waals surface area (Å²) in [6, 6.07) is 16.2. The quantitative estimate of drug-likeness (QED) is 0.330. The number of benzene rings is 2. The fraction of sp³-hybridized carbons (Fsp3) is 0.474. The van der Waals surface area contributed by atoms with Gasteiger partial charge in [0.05, 0.1) is 36.6 Å². The number of esters is 1. The van der Waals surface area contributed by atoms with E-state index in [2.05, 4.69) is 12.2 Å². The van der Waals surface area contributed by atoms with Gasteiger partial charge >= 0.3 is 5.97 Å². The zero-order valence-electron chi connectivity index (χ0n) is 27.6. The molecule has 4 aliphatic rings. The van der Waals surface area contributed by atoms with Crippen LogP contribution in [-0.2, 0) is 35.1 Å². The Hall–Kier alpha value is -4.28. The number of rotatable bonds is 8. The fourth-order valence-corrected chi connectivity index (χ4v) is 7.90. The van der Waals surface area contributed by atoms with E-state index in [4.69, 9.17) is 9.47 Å². The summed E-state index contributed by atoms with van der Waals surface area (Å²) in [5, 5.41) is 13.9. The van der Waals surface area contributed by atoms with Gasteiger partial charge in [0.15, 0.2) is 0 Å². The molecule has 2 fully saturated rings. The zero-order valence-corrected chi connectivity index (χ0v) is 27.6. The number of fused-ring (bicyclic) bond motifs is 2. The van der Waals surface area contributed by atoms with Crippen molar-refractivity contribution in [2.24, 2.45) is 11.8 Å². The molecule has 6 rings (SSSR count). The molecule has 4 aliphatic heterocycles. The second-order valence-electron chi connectivity index (χ2n) is 13.3. The smallest absolute Gasteiger partial charge is 0.306 e. The number of allylic oxidation sites excluding steroid dienone is 1. The van der Waals surface area contributed by atoms with Gasteiger partial charge < -0.3 is 29.7 Å². The van der Waals surface area contributed by atoms with Crippen molar-refractivity contribution >= 4 is 23.7 Å². The summed E-state index contributed by atoms with van der Waals surface area (Å²) in [5.74, 6) is -3.50. The number of carbonyl (C=O) groups excluding carboxylic acids is 4. The van der Waals surface area contributed by atoms with Crippen molar-refractivity contribution in [3.63, 3.8) is 0 Å². The van der Waals surface area contributed by atoms with Crippen molar-refractivity contribution in [2.45, 2.75) is 81.8 Å². The molecule has 2 N–H and O–H groups in total. The number of nitrogens with one attached hydrogen (secondary N) is 1. The van der Waals surface area contributed by atoms with Gasteiger partial charge in [0, 0.05) is 19.0 Å². The molecule has 3 amide bonds. The largest absolute Gasteiger partial charge is 0.463 e. The SMILES string of the molecule is CCCC(C)N1CC=C[C@@]23O[C@H]4/C=C\CCC(=O)OC[C@H](c5ccccc5)NC(=O)[C@H]4[C@@H]2C(=O)N([C@@H](CO)Cc2ccccc2)[C@H]3C1=O. The average molecular weight is 656 g/mol. The van der Waals surface area contributed by atoms with E-state index in [0.717, 1.165) is 24.0 Å². The van der Waals surface area contributed by atoms with Crippen LogP contribution in [0.25, 0.3) is 0 Å². The lowest BCUT2D eigenvalue weighted by molar-refractivity contribution is -0.152. The average Bonchev–Trinajstić information content (AvgIpc) is 3.48. The zero-order chi connectivity index (χ0) is 33.8. The molecule has 2 aromatic carbocycles. The first kappa shape index (κ1) is 33.6. The number of aliphatic hydroxyl groups excluding tert-OH is 1. The van der Waals surface area contributed by atoms with Crippen molar-refractivity contribution in [1.29, 1.82) is 0 Å². The molecule has 10 nitrogen and oxygen atoms in total. The van der Waals surface area contributed by atoms with Crippen LogP contribution in [0.4, 0.5) is 0 Å². The first-order valence-corrected chi connectivity index (χ1v) is 17.1. The van der Waals surface area contributed by atoms with Gasteiger partial charge in [-0.3, -0.25) is 19.2 Å². The first-order valence-electron chi connectivity index (χ1n) is 17.1. The van der Waals surface area contributed by atoms with E-state index < -0.39 is 53.5 Å². The number of amides is 3. The van der Waals surface area contributed by atoms with E-state index in [-0.39, 0.29) is 37.6 Å². The van der Waals surface area contributed by atoms with Gasteiger partial charge in [-0.2, -0.15) is 0 Å². The molecule has 2 aromatic rings. The Morgan fingerprint density at radius 3 is 2.44 bits per heavy atom. The topological polar surface area (TPSA) is 125 Å².